The van der Waals surface area contributed by atoms with E-state index in [2.05, 4.69) is 9.72 Å². The molecule has 1 saturated heterocycles. The molecule has 0 unspecified atom stereocenters. The second-order valence-electron chi connectivity index (χ2n) is 7.99. The van der Waals surface area contributed by atoms with E-state index in [0.29, 0.717) is 37.1 Å². The molecule has 1 fully saturated rings. The molecule has 4 rings (SSSR count). The van der Waals surface area contributed by atoms with Gasteiger partial charge in [-0.3, -0.25) is 19.0 Å². The summed E-state index contributed by atoms with van der Waals surface area (Å²) in [5, 5.41) is 0. The molecule has 0 N–H and O–H groups in total. The Kier molecular flexibility index (Phi) is 5.73. The molecule has 8 nitrogen and oxygen atoms in total. The minimum atomic E-state index is -4.80. The molecule has 0 spiro atoms. The van der Waals surface area contributed by atoms with Crippen molar-refractivity contribution in [3.8, 4) is 5.75 Å². The van der Waals surface area contributed by atoms with E-state index in [0.717, 1.165) is 17.7 Å². The number of halogens is 3. The predicted octanol–water partition coefficient (Wildman–Crippen LogP) is 2.78. The highest BCUT2D eigenvalue weighted by Crippen LogP contribution is 2.26. The monoisotopic (exact) mass is 462 g/mol. The van der Waals surface area contributed by atoms with Gasteiger partial charge in [-0.05, 0) is 55.7 Å². The fourth-order valence-electron chi connectivity index (χ4n) is 4.08. The van der Waals surface area contributed by atoms with Crippen molar-refractivity contribution in [2.75, 3.05) is 13.1 Å². The second kappa shape index (κ2) is 8.38. The summed E-state index contributed by atoms with van der Waals surface area (Å²) in [5.41, 5.74) is 0.754. The summed E-state index contributed by atoms with van der Waals surface area (Å²) in [6.45, 7) is 2.48. The number of piperidine rings is 1. The van der Waals surface area contributed by atoms with Gasteiger partial charge < -0.3 is 14.2 Å². The van der Waals surface area contributed by atoms with Crippen LogP contribution in [0.5, 0.6) is 5.75 Å². The zero-order valence-electron chi connectivity index (χ0n) is 17.9. The first-order valence-electron chi connectivity index (χ1n) is 10.3. The average Bonchev–Trinajstić information content (AvgIpc) is 2.77. The van der Waals surface area contributed by atoms with Gasteiger partial charge in [-0.15, -0.1) is 13.2 Å². The van der Waals surface area contributed by atoms with Crippen LogP contribution >= 0.6 is 0 Å². The highest BCUT2D eigenvalue weighted by atomic mass is 19.4. The number of amides is 1. The maximum atomic E-state index is 12.8. The molecular formula is C22H21F3N4O4. The zero-order valence-corrected chi connectivity index (χ0v) is 17.9. The molecule has 3 aromatic rings. The van der Waals surface area contributed by atoms with Crippen molar-refractivity contribution in [2.24, 2.45) is 7.05 Å². The summed E-state index contributed by atoms with van der Waals surface area (Å²) in [7, 11) is 1.53. The zero-order chi connectivity index (χ0) is 23.9. The standard InChI is InChI=1S/C22H21F3N4O4/c1-13-11-17-18(26-12-13)29(21(32)20(31)27(17)2)15-7-9-28(10-8-15)19(30)14-3-5-16(6-4-14)33-22(23,24)25/h3-6,11-12,15H,7-10H2,1-2H3. The van der Waals surface area contributed by atoms with Crippen LogP contribution in [-0.2, 0) is 7.05 Å². The quantitative estimate of drug-likeness (QED) is 0.559. The van der Waals surface area contributed by atoms with Gasteiger partial charge in [0, 0.05) is 37.9 Å². The van der Waals surface area contributed by atoms with Crippen LogP contribution in [0.4, 0.5) is 13.2 Å². The van der Waals surface area contributed by atoms with E-state index >= 15 is 0 Å². The lowest BCUT2D eigenvalue weighted by Crippen LogP contribution is -2.46. The van der Waals surface area contributed by atoms with Gasteiger partial charge >= 0.3 is 17.5 Å². The number of aryl methyl sites for hydroxylation is 2. The number of benzene rings is 1. The van der Waals surface area contributed by atoms with Gasteiger partial charge in [0.05, 0.1) is 5.52 Å². The molecule has 1 aliphatic heterocycles. The smallest absolute Gasteiger partial charge is 0.406 e. The summed E-state index contributed by atoms with van der Waals surface area (Å²) in [4.78, 5) is 44.0. The van der Waals surface area contributed by atoms with E-state index in [-0.39, 0.29) is 17.5 Å². The normalized spacial score (nSPS) is 15.1. The van der Waals surface area contributed by atoms with Crippen LogP contribution in [0.3, 0.4) is 0 Å². The van der Waals surface area contributed by atoms with Crippen LogP contribution in [-0.4, -0.2) is 44.4 Å². The van der Waals surface area contributed by atoms with Gasteiger partial charge in [-0.1, -0.05) is 0 Å². The van der Waals surface area contributed by atoms with Crippen molar-refractivity contribution < 1.29 is 22.7 Å². The average molecular weight is 462 g/mol. The van der Waals surface area contributed by atoms with E-state index < -0.39 is 23.2 Å². The summed E-state index contributed by atoms with van der Waals surface area (Å²) in [6, 6.07) is 6.22. The van der Waals surface area contributed by atoms with Crippen molar-refractivity contribution in [1.82, 2.24) is 19.0 Å². The first-order valence-corrected chi connectivity index (χ1v) is 10.3. The molecule has 1 aliphatic rings. The summed E-state index contributed by atoms with van der Waals surface area (Å²) in [5.74, 6) is -0.737. The lowest BCUT2D eigenvalue weighted by Gasteiger charge is -2.33. The highest BCUT2D eigenvalue weighted by molar-refractivity contribution is 5.94. The molecule has 1 amide bonds. The van der Waals surface area contributed by atoms with Gasteiger partial charge in [0.25, 0.3) is 5.91 Å². The van der Waals surface area contributed by atoms with Crippen LogP contribution in [0, 0.1) is 6.92 Å². The number of aromatic nitrogens is 3. The summed E-state index contributed by atoms with van der Waals surface area (Å²) in [6.07, 6.45) is -2.31. The van der Waals surface area contributed by atoms with Crippen LogP contribution in [0.2, 0.25) is 0 Å². The molecule has 0 atom stereocenters. The topological polar surface area (TPSA) is 86.4 Å². The first kappa shape index (κ1) is 22.6. The third-order valence-corrected chi connectivity index (χ3v) is 5.73. The van der Waals surface area contributed by atoms with Crippen LogP contribution in [0.1, 0.15) is 34.8 Å². The number of hydrogen-bond donors (Lipinski definition) is 0. The van der Waals surface area contributed by atoms with Crippen molar-refractivity contribution in [2.45, 2.75) is 32.2 Å². The molecule has 1 aromatic carbocycles. The molecule has 0 bridgehead atoms. The second-order valence-corrected chi connectivity index (χ2v) is 7.99. The molecule has 0 saturated carbocycles. The van der Waals surface area contributed by atoms with Crippen LogP contribution in [0.15, 0.2) is 46.1 Å². The minimum Gasteiger partial charge on any atom is -0.406 e. The van der Waals surface area contributed by atoms with E-state index in [1.165, 1.54) is 28.3 Å². The number of carbonyl (C=O) groups is 1. The Hall–Kier alpha value is -3.63. The SMILES string of the molecule is Cc1cnc2c(c1)n(C)c(=O)c(=O)n2C1CCN(C(=O)c2ccc(OC(F)(F)F)cc2)CC1. The first-order chi connectivity index (χ1) is 15.5. The van der Waals surface area contributed by atoms with E-state index in [1.54, 1.807) is 17.2 Å². The predicted molar refractivity (Wildman–Crippen MR) is 113 cm³/mol. The van der Waals surface area contributed by atoms with Gasteiger partial charge in [0.1, 0.15) is 5.75 Å². The van der Waals surface area contributed by atoms with Gasteiger partial charge in [0.2, 0.25) is 0 Å². The molecule has 33 heavy (non-hydrogen) atoms. The summed E-state index contributed by atoms with van der Waals surface area (Å²) < 4.78 is 43.5. The Morgan fingerprint density at radius 3 is 2.33 bits per heavy atom. The lowest BCUT2D eigenvalue weighted by molar-refractivity contribution is -0.274. The molecule has 2 aromatic heterocycles. The highest BCUT2D eigenvalue weighted by Gasteiger charge is 2.31. The number of likely N-dealkylation sites (tertiary alicyclic amines) is 1. The minimum absolute atomic E-state index is 0.233. The van der Waals surface area contributed by atoms with Crippen molar-refractivity contribution >= 4 is 17.1 Å². The molecule has 0 radical (unpaired) electrons. The van der Waals surface area contributed by atoms with Crippen LogP contribution in [0.25, 0.3) is 11.2 Å². The fraction of sp³-hybridized carbons (Fsp3) is 0.364. The van der Waals surface area contributed by atoms with Gasteiger partial charge in [-0.25, -0.2) is 4.98 Å². The molecule has 174 valence electrons. The number of pyridine rings is 1. The Morgan fingerprint density at radius 2 is 1.73 bits per heavy atom. The number of carbonyl (C=O) groups excluding carboxylic acids is 1. The number of rotatable bonds is 3. The Labute approximate surface area is 185 Å². The van der Waals surface area contributed by atoms with E-state index in [9.17, 15) is 27.6 Å². The summed E-state index contributed by atoms with van der Waals surface area (Å²) >= 11 is 0. The largest absolute Gasteiger partial charge is 0.573 e. The van der Waals surface area contributed by atoms with Gasteiger partial charge in [-0.2, -0.15) is 0 Å². The number of hydrogen-bond acceptors (Lipinski definition) is 5. The molecular weight excluding hydrogens is 441 g/mol. The number of nitrogens with zero attached hydrogens (tertiary/aromatic N) is 4. The van der Waals surface area contributed by atoms with Crippen molar-refractivity contribution in [1.29, 1.82) is 0 Å². The number of fused-ring (bicyclic) bond motifs is 1. The third-order valence-electron chi connectivity index (χ3n) is 5.73. The van der Waals surface area contributed by atoms with E-state index in [4.69, 9.17) is 0 Å². The molecule has 0 aliphatic carbocycles. The maximum Gasteiger partial charge on any atom is 0.573 e. The van der Waals surface area contributed by atoms with E-state index in [1.807, 2.05) is 6.92 Å². The van der Waals surface area contributed by atoms with Crippen molar-refractivity contribution in [3.05, 3.63) is 68.4 Å². The molecule has 3 heterocycles. The number of ether oxygens (including phenoxy) is 1. The van der Waals surface area contributed by atoms with Crippen molar-refractivity contribution in [3.63, 3.8) is 0 Å². The Balaban J connectivity index is 1.53. The van der Waals surface area contributed by atoms with Gasteiger partial charge in [0.15, 0.2) is 5.65 Å². The molecule has 11 heteroatoms. The van der Waals surface area contributed by atoms with Crippen LogP contribution < -0.4 is 15.9 Å². The maximum absolute atomic E-state index is 12.8. The fourth-order valence-corrected chi connectivity index (χ4v) is 4.08. The number of alkyl halides is 3. The third kappa shape index (κ3) is 4.48. The Bertz CT molecular complexity index is 1320. The lowest BCUT2D eigenvalue weighted by atomic mass is 10.0. The Morgan fingerprint density at radius 1 is 1.09 bits per heavy atom.